The lowest BCUT2D eigenvalue weighted by atomic mass is 9.94. The Bertz CT molecular complexity index is 146. The zero-order valence-electron chi connectivity index (χ0n) is 7.75. The number of allylic oxidation sites excluding steroid dienone is 1. The van der Waals surface area contributed by atoms with Gasteiger partial charge < -0.3 is 9.84 Å². The summed E-state index contributed by atoms with van der Waals surface area (Å²) < 4.78 is 5.29. The van der Waals surface area contributed by atoms with Gasteiger partial charge in [0.1, 0.15) is 0 Å². The van der Waals surface area contributed by atoms with E-state index in [9.17, 15) is 5.11 Å². The SMILES string of the molecule is CCC=COC1(O)CCCCC1. The highest BCUT2D eigenvalue weighted by molar-refractivity contribution is 4.79. The largest absolute Gasteiger partial charge is 0.471 e. The van der Waals surface area contributed by atoms with E-state index in [0.29, 0.717) is 0 Å². The maximum atomic E-state index is 9.82. The van der Waals surface area contributed by atoms with E-state index in [1.807, 2.05) is 13.0 Å². The van der Waals surface area contributed by atoms with Gasteiger partial charge in [-0.1, -0.05) is 13.3 Å². The van der Waals surface area contributed by atoms with Crippen molar-refractivity contribution >= 4 is 0 Å². The molecule has 0 radical (unpaired) electrons. The van der Waals surface area contributed by atoms with Crippen LogP contribution >= 0.6 is 0 Å². The molecule has 0 aromatic heterocycles. The summed E-state index contributed by atoms with van der Waals surface area (Å²) in [6.45, 7) is 2.05. The predicted octanol–water partition coefficient (Wildman–Crippen LogP) is 2.58. The zero-order chi connectivity index (χ0) is 8.86. The second-order valence-electron chi connectivity index (χ2n) is 3.40. The third kappa shape index (κ3) is 2.86. The van der Waals surface area contributed by atoms with Crippen LogP contribution in [-0.2, 0) is 4.74 Å². The van der Waals surface area contributed by atoms with Gasteiger partial charge in [0, 0.05) is 12.8 Å². The van der Waals surface area contributed by atoms with Crippen LogP contribution in [0.4, 0.5) is 0 Å². The van der Waals surface area contributed by atoms with Crippen LogP contribution in [0.1, 0.15) is 45.4 Å². The van der Waals surface area contributed by atoms with Gasteiger partial charge in [0.15, 0.2) is 0 Å². The van der Waals surface area contributed by atoms with E-state index in [1.165, 1.54) is 6.42 Å². The minimum absolute atomic E-state index is 0.779. The summed E-state index contributed by atoms with van der Waals surface area (Å²) >= 11 is 0. The maximum Gasteiger partial charge on any atom is 0.207 e. The Morgan fingerprint density at radius 1 is 1.33 bits per heavy atom. The molecule has 70 valence electrons. The van der Waals surface area contributed by atoms with Gasteiger partial charge in [0.05, 0.1) is 6.26 Å². The zero-order valence-corrected chi connectivity index (χ0v) is 7.75. The van der Waals surface area contributed by atoms with E-state index >= 15 is 0 Å². The number of hydrogen-bond acceptors (Lipinski definition) is 2. The Labute approximate surface area is 74.2 Å². The molecule has 0 aromatic carbocycles. The summed E-state index contributed by atoms with van der Waals surface area (Å²) in [5.41, 5.74) is 0. The molecule has 2 nitrogen and oxygen atoms in total. The van der Waals surface area contributed by atoms with Gasteiger partial charge in [-0.15, -0.1) is 0 Å². The lowest BCUT2D eigenvalue weighted by Crippen LogP contribution is -2.32. The van der Waals surface area contributed by atoms with Crippen molar-refractivity contribution in [3.05, 3.63) is 12.3 Å². The lowest BCUT2D eigenvalue weighted by Gasteiger charge is -2.30. The van der Waals surface area contributed by atoms with E-state index in [1.54, 1.807) is 6.26 Å². The first-order valence-corrected chi connectivity index (χ1v) is 4.82. The second-order valence-corrected chi connectivity index (χ2v) is 3.40. The van der Waals surface area contributed by atoms with Crippen molar-refractivity contribution < 1.29 is 9.84 Å². The molecule has 0 atom stereocenters. The minimum atomic E-state index is -0.857. The van der Waals surface area contributed by atoms with Crippen LogP contribution in [0.3, 0.4) is 0 Å². The van der Waals surface area contributed by atoms with Gasteiger partial charge in [-0.3, -0.25) is 0 Å². The smallest absolute Gasteiger partial charge is 0.207 e. The summed E-state index contributed by atoms with van der Waals surface area (Å²) in [6.07, 6.45) is 9.45. The molecule has 1 saturated carbocycles. The molecule has 0 saturated heterocycles. The molecule has 0 aromatic rings. The second kappa shape index (κ2) is 4.51. The third-order valence-corrected chi connectivity index (χ3v) is 2.25. The predicted molar refractivity (Wildman–Crippen MR) is 48.6 cm³/mol. The van der Waals surface area contributed by atoms with Gasteiger partial charge in [-0.25, -0.2) is 0 Å². The van der Waals surface area contributed by atoms with Crippen LogP contribution in [0.25, 0.3) is 0 Å². The molecule has 0 spiro atoms. The van der Waals surface area contributed by atoms with Crippen molar-refractivity contribution in [2.45, 2.75) is 51.2 Å². The van der Waals surface area contributed by atoms with E-state index in [0.717, 1.165) is 32.1 Å². The van der Waals surface area contributed by atoms with Crippen LogP contribution in [0.5, 0.6) is 0 Å². The highest BCUT2D eigenvalue weighted by Crippen LogP contribution is 2.29. The van der Waals surface area contributed by atoms with E-state index < -0.39 is 5.79 Å². The highest BCUT2D eigenvalue weighted by atomic mass is 16.6. The highest BCUT2D eigenvalue weighted by Gasteiger charge is 2.29. The van der Waals surface area contributed by atoms with Crippen LogP contribution in [0, 0.1) is 0 Å². The topological polar surface area (TPSA) is 29.5 Å². The molecule has 12 heavy (non-hydrogen) atoms. The molecule has 0 unspecified atom stereocenters. The van der Waals surface area contributed by atoms with Crippen LogP contribution in [-0.4, -0.2) is 10.9 Å². The van der Waals surface area contributed by atoms with Crippen LogP contribution in [0.15, 0.2) is 12.3 Å². The van der Waals surface area contributed by atoms with Gasteiger partial charge in [-0.2, -0.15) is 0 Å². The molecule has 1 aliphatic carbocycles. The standard InChI is InChI=1S/C10H18O2/c1-2-3-9-12-10(11)7-5-4-6-8-10/h3,9,11H,2,4-8H2,1H3. The lowest BCUT2D eigenvalue weighted by molar-refractivity contribution is -0.186. The Hall–Kier alpha value is -0.500. The van der Waals surface area contributed by atoms with Crippen molar-refractivity contribution in [1.29, 1.82) is 0 Å². The fraction of sp³-hybridized carbons (Fsp3) is 0.800. The van der Waals surface area contributed by atoms with Crippen molar-refractivity contribution in [3.63, 3.8) is 0 Å². The Morgan fingerprint density at radius 3 is 2.58 bits per heavy atom. The fourth-order valence-corrected chi connectivity index (χ4v) is 1.49. The average molecular weight is 170 g/mol. The molecule has 1 rings (SSSR count). The van der Waals surface area contributed by atoms with Gasteiger partial charge in [-0.05, 0) is 25.3 Å². The molecule has 1 N–H and O–H groups in total. The van der Waals surface area contributed by atoms with Crippen LogP contribution < -0.4 is 0 Å². The average Bonchev–Trinajstić information content (AvgIpc) is 2.06. The maximum absolute atomic E-state index is 9.82. The van der Waals surface area contributed by atoms with Crippen LogP contribution in [0.2, 0.25) is 0 Å². The van der Waals surface area contributed by atoms with E-state index in [-0.39, 0.29) is 0 Å². The molecule has 0 aliphatic heterocycles. The third-order valence-electron chi connectivity index (χ3n) is 2.25. The Balaban J connectivity index is 2.31. The molecule has 0 heterocycles. The minimum Gasteiger partial charge on any atom is -0.471 e. The number of hydrogen-bond donors (Lipinski definition) is 1. The summed E-state index contributed by atoms with van der Waals surface area (Å²) in [4.78, 5) is 0. The number of rotatable bonds is 3. The van der Waals surface area contributed by atoms with Gasteiger partial charge >= 0.3 is 0 Å². The first-order valence-electron chi connectivity index (χ1n) is 4.82. The Kier molecular flexibility index (Phi) is 3.60. The van der Waals surface area contributed by atoms with Crippen molar-refractivity contribution in [2.24, 2.45) is 0 Å². The molecule has 1 aliphatic rings. The first kappa shape index (κ1) is 9.59. The molecular formula is C10H18O2. The van der Waals surface area contributed by atoms with Gasteiger partial charge in [0.25, 0.3) is 0 Å². The summed E-state index contributed by atoms with van der Waals surface area (Å²) in [5, 5.41) is 9.82. The Morgan fingerprint density at radius 2 is 2.00 bits per heavy atom. The molecule has 0 bridgehead atoms. The molecule has 2 heteroatoms. The van der Waals surface area contributed by atoms with E-state index in [2.05, 4.69) is 0 Å². The molecule has 1 fully saturated rings. The van der Waals surface area contributed by atoms with Crippen molar-refractivity contribution in [3.8, 4) is 0 Å². The quantitative estimate of drug-likeness (QED) is 0.521. The number of ether oxygens (including phenoxy) is 1. The van der Waals surface area contributed by atoms with Crippen molar-refractivity contribution in [2.75, 3.05) is 0 Å². The first-order chi connectivity index (χ1) is 5.77. The normalized spacial score (nSPS) is 22.8. The van der Waals surface area contributed by atoms with Gasteiger partial charge in [0.2, 0.25) is 5.79 Å². The summed E-state index contributed by atoms with van der Waals surface area (Å²) in [7, 11) is 0. The van der Waals surface area contributed by atoms with E-state index in [4.69, 9.17) is 4.74 Å². The summed E-state index contributed by atoms with van der Waals surface area (Å²) in [6, 6.07) is 0. The molecular weight excluding hydrogens is 152 g/mol. The monoisotopic (exact) mass is 170 g/mol. The summed E-state index contributed by atoms with van der Waals surface area (Å²) in [5.74, 6) is -0.857. The molecule has 0 amide bonds. The van der Waals surface area contributed by atoms with Crippen molar-refractivity contribution in [1.82, 2.24) is 0 Å². The number of aliphatic hydroxyl groups is 1. The fourth-order valence-electron chi connectivity index (χ4n) is 1.49.